The van der Waals surface area contributed by atoms with Crippen LogP contribution in [0.25, 0.3) is 0 Å². The number of ether oxygens (including phenoxy) is 2. The fourth-order valence-corrected chi connectivity index (χ4v) is 9.50. The molecule has 11 atom stereocenters. The number of methoxy groups -OCH3 is 1. The van der Waals surface area contributed by atoms with Crippen molar-refractivity contribution in [2.45, 2.75) is 94.2 Å². The zero-order valence-corrected chi connectivity index (χ0v) is 18.5. The third-order valence-electron chi connectivity index (χ3n) is 9.89. The maximum atomic E-state index is 13.2. The molecular weight excluding hydrogens is 398 g/mol. The van der Waals surface area contributed by atoms with E-state index >= 15 is 0 Å². The van der Waals surface area contributed by atoms with Crippen LogP contribution in [0.3, 0.4) is 0 Å². The molecule has 0 radical (unpaired) electrons. The van der Waals surface area contributed by atoms with E-state index in [2.05, 4.69) is 11.8 Å². The van der Waals surface area contributed by atoms with E-state index in [4.69, 9.17) is 9.47 Å². The number of aliphatic hydroxyl groups excluding tert-OH is 2. The van der Waals surface area contributed by atoms with E-state index < -0.39 is 35.2 Å². The van der Waals surface area contributed by atoms with Gasteiger partial charge in [0, 0.05) is 36.4 Å². The second kappa shape index (κ2) is 6.33. The van der Waals surface area contributed by atoms with Gasteiger partial charge < -0.3 is 19.7 Å². The lowest BCUT2D eigenvalue weighted by atomic mass is 9.53. The molecule has 6 rings (SSSR count). The number of piperidine rings is 2. The lowest BCUT2D eigenvalue weighted by molar-refractivity contribution is -0.184. The molecule has 0 aromatic heterocycles. The Morgan fingerprint density at radius 1 is 1.13 bits per heavy atom. The Hall–Kier alpha value is -1.44. The highest BCUT2D eigenvalue weighted by Gasteiger charge is 2.82. The van der Waals surface area contributed by atoms with Crippen LogP contribution in [-0.4, -0.2) is 69.6 Å². The molecule has 3 heterocycles. The first kappa shape index (κ1) is 20.2. The highest BCUT2D eigenvalue weighted by molar-refractivity contribution is 5.93. The number of hydrogen-bond donors (Lipinski definition) is 2. The number of fused-ring (bicyclic) bond motifs is 2. The van der Waals surface area contributed by atoms with Crippen molar-refractivity contribution in [3.63, 3.8) is 0 Å². The molecule has 1 spiro atoms. The van der Waals surface area contributed by atoms with Crippen molar-refractivity contribution in [1.82, 2.24) is 4.90 Å². The second-order valence-electron chi connectivity index (χ2n) is 10.9. The van der Waals surface area contributed by atoms with Gasteiger partial charge >= 0.3 is 11.9 Å². The number of nitrogens with zero attached hydrogens (tertiary/aromatic N) is 1. The van der Waals surface area contributed by atoms with Crippen LogP contribution < -0.4 is 0 Å². The minimum absolute atomic E-state index is 0.0450. The summed E-state index contributed by atoms with van der Waals surface area (Å²) in [7, 11) is 1.34. The topological polar surface area (TPSA) is 96.3 Å². The summed E-state index contributed by atoms with van der Waals surface area (Å²) >= 11 is 0. The lowest BCUT2D eigenvalue weighted by Crippen LogP contribution is -2.73. The molecular formula is C24H33NO6. The second-order valence-corrected chi connectivity index (χ2v) is 10.9. The number of carbonyl (C=O) groups is 2. The molecule has 3 saturated heterocycles. The summed E-state index contributed by atoms with van der Waals surface area (Å²) in [4.78, 5) is 28.2. The molecule has 2 N–H and O–H groups in total. The van der Waals surface area contributed by atoms with Gasteiger partial charge in [0.15, 0.2) is 0 Å². The molecule has 7 heteroatoms. The van der Waals surface area contributed by atoms with Crippen LogP contribution in [0.1, 0.15) is 58.8 Å². The largest absolute Gasteiger partial charge is 0.466 e. The molecule has 5 fully saturated rings. The monoisotopic (exact) mass is 431 g/mol. The number of carbonyl (C=O) groups excluding carboxylic acids is 2. The molecule has 0 amide bonds. The molecule has 0 aromatic rings. The van der Waals surface area contributed by atoms with Crippen LogP contribution in [0.4, 0.5) is 0 Å². The molecule has 1 unspecified atom stereocenters. The smallest absolute Gasteiger partial charge is 0.336 e. The zero-order chi connectivity index (χ0) is 21.9. The Bertz CT molecular complexity index is 885. The number of hydrogen-bond acceptors (Lipinski definition) is 7. The van der Waals surface area contributed by atoms with Gasteiger partial charge in [0.1, 0.15) is 5.60 Å². The number of rotatable bonds is 2. The van der Waals surface area contributed by atoms with Gasteiger partial charge in [-0.3, -0.25) is 9.69 Å². The fraction of sp³-hybridized carbons (Fsp3) is 0.833. The first-order valence-electron chi connectivity index (χ1n) is 12.0. The molecule has 3 aliphatic heterocycles. The maximum absolute atomic E-state index is 13.2. The Kier molecular flexibility index (Phi) is 4.12. The molecule has 3 aliphatic carbocycles. The summed E-state index contributed by atoms with van der Waals surface area (Å²) in [6, 6.07) is 0.669. The van der Waals surface area contributed by atoms with Crippen molar-refractivity contribution in [3.05, 3.63) is 11.1 Å². The van der Waals surface area contributed by atoms with E-state index in [0.717, 1.165) is 37.7 Å². The van der Waals surface area contributed by atoms with E-state index in [-0.39, 0.29) is 29.3 Å². The molecule has 6 aliphatic rings. The summed E-state index contributed by atoms with van der Waals surface area (Å²) in [5, 5.41) is 22.6. The molecule has 5 bridgehead atoms. The summed E-state index contributed by atoms with van der Waals surface area (Å²) in [6.45, 7) is 3.72. The van der Waals surface area contributed by atoms with E-state index in [1.54, 1.807) is 0 Å². The van der Waals surface area contributed by atoms with Crippen molar-refractivity contribution in [2.24, 2.45) is 23.7 Å². The highest BCUT2D eigenvalue weighted by atomic mass is 16.6. The van der Waals surface area contributed by atoms with Crippen molar-refractivity contribution in [2.75, 3.05) is 7.11 Å². The van der Waals surface area contributed by atoms with Crippen LogP contribution >= 0.6 is 0 Å². The van der Waals surface area contributed by atoms with Crippen molar-refractivity contribution < 1.29 is 29.3 Å². The maximum Gasteiger partial charge on any atom is 0.336 e. The fourth-order valence-electron chi connectivity index (χ4n) is 9.50. The first-order chi connectivity index (χ1) is 14.8. The van der Waals surface area contributed by atoms with Crippen LogP contribution in [0, 0.1) is 23.7 Å². The number of esters is 2. The van der Waals surface area contributed by atoms with Gasteiger partial charge in [-0.25, -0.2) is 4.79 Å². The van der Waals surface area contributed by atoms with E-state index in [9.17, 15) is 19.8 Å². The predicted molar refractivity (Wildman–Crippen MR) is 110 cm³/mol. The van der Waals surface area contributed by atoms with Gasteiger partial charge in [0.25, 0.3) is 0 Å². The zero-order valence-electron chi connectivity index (χ0n) is 18.5. The van der Waals surface area contributed by atoms with Crippen molar-refractivity contribution >= 4 is 11.9 Å². The summed E-state index contributed by atoms with van der Waals surface area (Å²) in [5.74, 6) is -0.845. The third kappa shape index (κ3) is 2.12. The van der Waals surface area contributed by atoms with Crippen LogP contribution in [-0.2, 0) is 19.1 Å². The highest BCUT2D eigenvalue weighted by Crippen LogP contribution is 2.75. The van der Waals surface area contributed by atoms with Crippen LogP contribution in [0.2, 0.25) is 0 Å². The minimum atomic E-state index is -1.10. The van der Waals surface area contributed by atoms with E-state index in [1.165, 1.54) is 14.0 Å². The Balaban J connectivity index is 1.69. The van der Waals surface area contributed by atoms with Gasteiger partial charge in [-0.2, -0.15) is 0 Å². The average molecular weight is 432 g/mol. The van der Waals surface area contributed by atoms with Gasteiger partial charge in [-0.15, -0.1) is 0 Å². The van der Waals surface area contributed by atoms with E-state index in [1.807, 2.05) is 0 Å². The Morgan fingerprint density at radius 2 is 1.90 bits per heavy atom. The summed E-state index contributed by atoms with van der Waals surface area (Å²) in [5.41, 5.74) is -0.183. The lowest BCUT2D eigenvalue weighted by Gasteiger charge is -2.65. The Labute approximate surface area is 182 Å². The van der Waals surface area contributed by atoms with Crippen molar-refractivity contribution in [3.8, 4) is 0 Å². The van der Waals surface area contributed by atoms with Crippen LogP contribution in [0.5, 0.6) is 0 Å². The Morgan fingerprint density at radius 3 is 2.61 bits per heavy atom. The molecule has 170 valence electrons. The molecule has 0 aromatic carbocycles. The minimum Gasteiger partial charge on any atom is -0.466 e. The summed E-state index contributed by atoms with van der Waals surface area (Å²) < 4.78 is 11.4. The SMILES string of the molecule is COC(=O)C1=C2[C@]3([C@@H]4C[C@H]5[C@H](CC[C@@H](C)N53)[C@@]2(OC(C)=O)C4)[C@H]2CCC[C@@H](O)[C@@H]2[C@H]1O. The van der Waals surface area contributed by atoms with Crippen molar-refractivity contribution in [1.29, 1.82) is 0 Å². The van der Waals surface area contributed by atoms with Gasteiger partial charge in [-0.1, -0.05) is 6.42 Å². The molecule has 31 heavy (non-hydrogen) atoms. The van der Waals surface area contributed by atoms with Gasteiger partial charge in [-0.05, 0) is 57.3 Å². The van der Waals surface area contributed by atoms with Gasteiger partial charge in [0.2, 0.25) is 0 Å². The third-order valence-corrected chi connectivity index (χ3v) is 9.89. The standard InChI is InChI=1S/C24H33NO6/c1-11-7-8-14-16-9-13-10-23(14,31-12(2)26)21-19(22(29)30-3)20(28)18-15(5-4-6-17(18)27)24(13,21)25(11)16/h11,13-18,20,27-28H,4-10H2,1-3H3/t11-,13-,14+,15+,16+,17-,18-,20-,23+,24+/m1/s1. The van der Waals surface area contributed by atoms with E-state index in [0.29, 0.717) is 24.9 Å². The molecule has 2 saturated carbocycles. The number of aliphatic hydroxyl groups is 2. The molecule has 7 nitrogen and oxygen atoms in total. The average Bonchev–Trinajstić information content (AvgIpc) is 3.12. The normalized spacial score (nSPS) is 53.8. The predicted octanol–water partition coefficient (Wildman–Crippen LogP) is 1.55. The van der Waals surface area contributed by atoms with Crippen LogP contribution in [0.15, 0.2) is 11.1 Å². The van der Waals surface area contributed by atoms with Gasteiger partial charge in [0.05, 0.1) is 30.4 Å². The summed E-state index contributed by atoms with van der Waals surface area (Å²) in [6.07, 6.45) is 4.42. The first-order valence-corrected chi connectivity index (χ1v) is 12.0. The quantitative estimate of drug-likeness (QED) is 0.641.